The Morgan fingerprint density at radius 3 is 2.32 bits per heavy atom. The van der Waals surface area contributed by atoms with E-state index in [2.05, 4.69) is 5.32 Å². The van der Waals surface area contributed by atoms with Crippen molar-refractivity contribution in [3.8, 4) is 23.0 Å². The van der Waals surface area contributed by atoms with Crippen molar-refractivity contribution in [1.29, 1.82) is 0 Å². The lowest BCUT2D eigenvalue weighted by Crippen LogP contribution is -2.36. The number of hydrogen-bond acceptors (Lipinski definition) is 8. The van der Waals surface area contributed by atoms with E-state index in [1.54, 1.807) is 41.4 Å². The molecule has 2 aliphatic rings. The predicted octanol–water partition coefficient (Wildman–Crippen LogP) is 4.65. The zero-order chi connectivity index (χ0) is 26.7. The molecule has 2 aromatic carbocycles. The van der Waals surface area contributed by atoms with Gasteiger partial charge in [-0.25, -0.2) is 4.79 Å². The summed E-state index contributed by atoms with van der Waals surface area (Å²) in [4.78, 5) is 27.1. The highest BCUT2D eigenvalue weighted by Gasteiger charge is 2.43. The highest BCUT2D eigenvalue weighted by atomic mass is 16.5. The molecule has 4 rings (SSSR count). The Hall–Kier alpha value is -3.94. The van der Waals surface area contributed by atoms with Gasteiger partial charge in [0.05, 0.1) is 46.5 Å². The highest BCUT2D eigenvalue weighted by Crippen LogP contribution is 2.49. The van der Waals surface area contributed by atoms with E-state index in [4.69, 9.17) is 23.7 Å². The van der Waals surface area contributed by atoms with Crippen LogP contribution in [-0.4, -0.2) is 46.8 Å². The Balaban J connectivity index is 1.84. The minimum Gasteiger partial charge on any atom is -0.493 e. The van der Waals surface area contributed by atoms with Gasteiger partial charge in [-0.05, 0) is 49.9 Å². The number of ether oxygens (including phenoxy) is 5. The molecule has 8 nitrogen and oxygen atoms in total. The van der Waals surface area contributed by atoms with Crippen molar-refractivity contribution in [2.24, 2.45) is 0 Å². The number of para-hydroxylation sites is 1. The van der Waals surface area contributed by atoms with Gasteiger partial charge in [0.2, 0.25) is 0 Å². The number of methoxy groups -OCH3 is 4. The van der Waals surface area contributed by atoms with Crippen LogP contribution in [-0.2, 0) is 14.3 Å². The van der Waals surface area contributed by atoms with Gasteiger partial charge in [0.1, 0.15) is 0 Å². The lowest BCUT2D eigenvalue weighted by molar-refractivity contribution is -0.138. The van der Waals surface area contributed by atoms with Crippen molar-refractivity contribution >= 4 is 11.8 Å². The highest BCUT2D eigenvalue weighted by molar-refractivity contribution is 6.04. The van der Waals surface area contributed by atoms with Crippen LogP contribution in [0.4, 0.5) is 0 Å². The summed E-state index contributed by atoms with van der Waals surface area (Å²) in [5.41, 5.74) is 4.04. The maximum atomic E-state index is 13.9. The Kier molecular flexibility index (Phi) is 7.76. The summed E-state index contributed by atoms with van der Waals surface area (Å²) in [5.74, 6) is 1.01. The van der Waals surface area contributed by atoms with Gasteiger partial charge in [0.15, 0.2) is 28.8 Å². The van der Waals surface area contributed by atoms with Crippen molar-refractivity contribution in [2.75, 3.05) is 35.0 Å². The summed E-state index contributed by atoms with van der Waals surface area (Å²) in [5, 5.41) is 3.36. The van der Waals surface area contributed by atoms with Crippen molar-refractivity contribution in [3.63, 3.8) is 0 Å². The molecule has 2 atom stereocenters. The number of hydrogen-bond donors (Lipinski definition) is 1. The summed E-state index contributed by atoms with van der Waals surface area (Å²) < 4.78 is 27.5. The van der Waals surface area contributed by atoms with Crippen LogP contribution in [0.1, 0.15) is 49.7 Å². The molecule has 0 bridgehead atoms. The molecule has 0 saturated carbocycles. The fourth-order valence-corrected chi connectivity index (χ4v) is 5.31. The molecule has 1 aliphatic carbocycles. The van der Waals surface area contributed by atoms with Gasteiger partial charge in [0.25, 0.3) is 0 Å². The Morgan fingerprint density at radius 1 is 0.946 bits per heavy atom. The molecule has 0 aromatic heterocycles. The molecular formula is C29H33NO7. The Morgan fingerprint density at radius 2 is 1.68 bits per heavy atom. The van der Waals surface area contributed by atoms with Crippen LogP contribution >= 0.6 is 0 Å². The molecule has 0 spiro atoms. The summed E-state index contributed by atoms with van der Waals surface area (Å²) in [6, 6.07) is 11.2. The van der Waals surface area contributed by atoms with Crippen molar-refractivity contribution in [3.05, 3.63) is 70.1 Å². The average Bonchev–Trinajstić information content (AvgIpc) is 2.91. The third-order valence-electron chi connectivity index (χ3n) is 6.95. The van der Waals surface area contributed by atoms with E-state index in [-0.39, 0.29) is 24.7 Å². The van der Waals surface area contributed by atoms with E-state index in [1.165, 1.54) is 0 Å². The molecule has 196 valence electrons. The monoisotopic (exact) mass is 507 g/mol. The SMILES string of the molecule is CCOC(=O)C1=C(C)NC2=C(C(=O)CC(c3ccc(OC)c(OC)c3)C2)C1c1cccc(OC)c1OC. The van der Waals surface area contributed by atoms with E-state index < -0.39 is 11.9 Å². The first-order chi connectivity index (χ1) is 17.9. The minimum absolute atomic E-state index is 0.0438. The second kappa shape index (κ2) is 11.0. The summed E-state index contributed by atoms with van der Waals surface area (Å²) in [7, 11) is 6.29. The first-order valence-corrected chi connectivity index (χ1v) is 12.2. The molecule has 2 unspecified atom stereocenters. The van der Waals surface area contributed by atoms with E-state index >= 15 is 0 Å². The molecule has 1 aliphatic heterocycles. The van der Waals surface area contributed by atoms with Gasteiger partial charge in [-0.15, -0.1) is 0 Å². The second-order valence-corrected chi connectivity index (χ2v) is 8.93. The average molecular weight is 508 g/mol. The second-order valence-electron chi connectivity index (χ2n) is 8.93. The van der Waals surface area contributed by atoms with Crippen LogP contribution in [0, 0.1) is 0 Å². The molecule has 0 saturated heterocycles. The molecule has 1 heterocycles. The van der Waals surface area contributed by atoms with Gasteiger partial charge in [-0.3, -0.25) is 4.79 Å². The van der Waals surface area contributed by atoms with Crippen LogP contribution in [0.5, 0.6) is 23.0 Å². The van der Waals surface area contributed by atoms with Crippen molar-refractivity contribution in [2.45, 2.75) is 38.5 Å². The molecule has 0 amide bonds. The van der Waals surface area contributed by atoms with E-state index in [1.807, 2.05) is 37.3 Å². The molecular weight excluding hydrogens is 474 g/mol. The summed E-state index contributed by atoms with van der Waals surface area (Å²) in [6.07, 6.45) is 0.876. The lowest BCUT2D eigenvalue weighted by Gasteiger charge is -2.37. The van der Waals surface area contributed by atoms with E-state index in [0.29, 0.717) is 51.8 Å². The van der Waals surface area contributed by atoms with Gasteiger partial charge < -0.3 is 29.0 Å². The fraction of sp³-hybridized carbons (Fsp3) is 0.379. The van der Waals surface area contributed by atoms with E-state index in [9.17, 15) is 9.59 Å². The number of carbonyl (C=O) groups excluding carboxylic acids is 2. The number of benzene rings is 2. The van der Waals surface area contributed by atoms with Crippen LogP contribution in [0.25, 0.3) is 0 Å². The Labute approximate surface area is 217 Å². The number of allylic oxidation sites excluding steroid dienone is 3. The van der Waals surface area contributed by atoms with Gasteiger partial charge >= 0.3 is 5.97 Å². The predicted molar refractivity (Wildman–Crippen MR) is 138 cm³/mol. The van der Waals surface area contributed by atoms with Crippen LogP contribution in [0.15, 0.2) is 58.9 Å². The number of Topliss-reactive ketones (excluding diaryl/α,β-unsaturated/α-hetero) is 1. The van der Waals surface area contributed by atoms with Crippen LogP contribution in [0.2, 0.25) is 0 Å². The summed E-state index contributed by atoms with van der Waals surface area (Å²) >= 11 is 0. The lowest BCUT2D eigenvalue weighted by atomic mass is 9.71. The van der Waals surface area contributed by atoms with Gasteiger partial charge in [-0.2, -0.15) is 0 Å². The molecule has 2 aromatic rings. The largest absolute Gasteiger partial charge is 0.493 e. The number of nitrogens with one attached hydrogen (secondary N) is 1. The van der Waals surface area contributed by atoms with Crippen molar-refractivity contribution in [1.82, 2.24) is 5.32 Å². The standard InChI is InChI=1S/C29H33NO7/c1-7-37-29(32)25-16(2)30-20-13-18(17-11-12-22(33-3)24(15-17)35-5)14-21(31)27(20)26(25)19-9-8-10-23(34-4)28(19)36-6/h8-12,15,18,26,30H,7,13-14H2,1-6H3. The number of esters is 1. The first kappa shape index (κ1) is 26.1. The third kappa shape index (κ3) is 4.75. The maximum absolute atomic E-state index is 13.9. The normalized spacial score (nSPS) is 19.1. The van der Waals surface area contributed by atoms with E-state index in [0.717, 1.165) is 11.3 Å². The topological polar surface area (TPSA) is 92.3 Å². The molecule has 1 N–H and O–H groups in total. The molecule has 37 heavy (non-hydrogen) atoms. The zero-order valence-corrected chi connectivity index (χ0v) is 22.1. The fourth-order valence-electron chi connectivity index (χ4n) is 5.31. The van der Waals surface area contributed by atoms with Crippen LogP contribution in [0.3, 0.4) is 0 Å². The molecule has 0 radical (unpaired) electrons. The third-order valence-corrected chi connectivity index (χ3v) is 6.95. The van der Waals surface area contributed by atoms with Gasteiger partial charge in [-0.1, -0.05) is 18.2 Å². The number of carbonyl (C=O) groups is 2. The maximum Gasteiger partial charge on any atom is 0.336 e. The van der Waals surface area contributed by atoms with Crippen LogP contribution < -0.4 is 24.3 Å². The number of dihydropyridines is 1. The first-order valence-electron chi connectivity index (χ1n) is 12.2. The quantitative estimate of drug-likeness (QED) is 0.517. The Bertz CT molecular complexity index is 1280. The van der Waals surface area contributed by atoms with Gasteiger partial charge in [0, 0.05) is 29.0 Å². The number of rotatable bonds is 8. The zero-order valence-electron chi connectivity index (χ0n) is 22.1. The minimum atomic E-state index is -0.654. The molecule has 0 fully saturated rings. The number of ketones is 1. The van der Waals surface area contributed by atoms with Crippen molar-refractivity contribution < 1.29 is 33.3 Å². The summed E-state index contributed by atoms with van der Waals surface area (Å²) in [6.45, 7) is 3.81. The molecule has 8 heteroatoms. The smallest absolute Gasteiger partial charge is 0.336 e.